The Morgan fingerprint density at radius 1 is 1.50 bits per heavy atom. The van der Waals surface area contributed by atoms with Crippen molar-refractivity contribution in [2.24, 2.45) is 5.73 Å². The molecule has 2 unspecified atom stereocenters. The topological polar surface area (TPSA) is 38.5 Å². The zero-order chi connectivity index (χ0) is 11.7. The quantitative estimate of drug-likeness (QED) is 0.862. The van der Waals surface area contributed by atoms with Crippen molar-refractivity contribution in [3.05, 3.63) is 23.2 Å². The van der Waals surface area contributed by atoms with Gasteiger partial charge in [0.2, 0.25) is 0 Å². The maximum Gasteiger partial charge on any atom is 0.143 e. The fourth-order valence-corrected chi connectivity index (χ4v) is 2.23. The van der Waals surface area contributed by atoms with E-state index in [0.29, 0.717) is 12.6 Å². The maximum absolute atomic E-state index is 5.98. The first-order chi connectivity index (χ1) is 7.63. The van der Waals surface area contributed by atoms with Crippen LogP contribution < -0.4 is 15.4 Å². The number of likely N-dealkylation sites (N-methyl/N-ethyl adjacent to an activating group) is 1. The Labute approximate surface area is 101 Å². The predicted molar refractivity (Wildman–Crippen MR) is 67.4 cm³/mol. The van der Waals surface area contributed by atoms with Gasteiger partial charge < -0.3 is 15.4 Å². The number of rotatable bonds is 2. The highest BCUT2D eigenvalue weighted by Gasteiger charge is 2.29. The molecular weight excluding hydrogens is 224 g/mol. The van der Waals surface area contributed by atoms with Crippen LogP contribution in [-0.4, -0.2) is 25.7 Å². The van der Waals surface area contributed by atoms with Crippen molar-refractivity contribution in [1.82, 2.24) is 0 Å². The summed E-state index contributed by atoms with van der Waals surface area (Å²) in [6.45, 7) is 2.79. The van der Waals surface area contributed by atoms with E-state index in [9.17, 15) is 0 Å². The van der Waals surface area contributed by atoms with Gasteiger partial charge in [-0.1, -0.05) is 11.6 Å². The summed E-state index contributed by atoms with van der Waals surface area (Å²) in [5.74, 6) is 0.892. The molecule has 1 aromatic rings. The van der Waals surface area contributed by atoms with Crippen molar-refractivity contribution in [3.8, 4) is 5.75 Å². The molecule has 0 radical (unpaired) electrons. The average Bonchev–Trinajstić information content (AvgIpc) is 2.27. The van der Waals surface area contributed by atoms with Gasteiger partial charge in [-0.3, -0.25) is 0 Å². The maximum atomic E-state index is 5.98. The fourth-order valence-electron chi connectivity index (χ4n) is 2.06. The lowest BCUT2D eigenvalue weighted by Gasteiger charge is -2.39. The Morgan fingerprint density at radius 3 is 2.94 bits per heavy atom. The van der Waals surface area contributed by atoms with Crippen LogP contribution in [0.5, 0.6) is 5.75 Å². The third-order valence-electron chi connectivity index (χ3n) is 3.18. The van der Waals surface area contributed by atoms with Gasteiger partial charge in [-0.25, -0.2) is 0 Å². The lowest BCUT2D eigenvalue weighted by atomic mass is 10.0. The fraction of sp³-hybridized carbons (Fsp3) is 0.500. The van der Waals surface area contributed by atoms with Crippen molar-refractivity contribution in [2.45, 2.75) is 25.5 Å². The van der Waals surface area contributed by atoms with Gasteiger partial charge in [-0.05, 0) is 38.1 Å². The van der Waals surface area contributed by atoms with Crippen LogP contribution in [0.1, 0.15) is 13.3 Å². The second-order valence-corrected chi connectivity index (χ2v) is 4.63. The van der Waals surface area contributed by atoms with Gasteiger partial charge in [-0.15, -0.1) is 0 Å². The minimum atomic E-state index is 0.156. The summed E-state index contributed by atoms with van der Waals surface area (Å²) in [5.41, 5.74) is 6.64. The summed E-state index contributed by atoms with van der Waals surface area (Å²) in [6.07, 6.45) is 1.02. The molecule has 0 spiro atoms. The number of hydrogen-bond acceptors (Lipinski definition) is 3. The van der Waals surface area contributed by atoms with E-state index in [1.807, 2.05) is 18.2 Å². The molecule has 1 aromatic carbocycles. The van der Waals surface area contributed by atoms with Gasteiger partial charge in [0.25, 0.3) is 0 Å². The SMILES string of the molecule is CC1C(CCN)Oc2ccc(Cl)cc2N1C. The van der Waals surface area contributed by atoms with Crippen molar-refractivity contribution < 1.29 is 4.74 Å². The predicted octanol–water partition coefficient (Wildman–Crippen LogP) is 2.27. The van der Waals surface area contributed by atoms with Gasteiger partial charge in [0.15, 0.2) is 0 Å². The molecule has 0 aromatic heterocycles. The minimum absolute atomic E-state index is 0.156. The standard InChI is InChI=1S/C12H17ClN2O/c1-8-11(5-6-14)16-12-4-3-9(13)7-10(12)15(8)2/h3-4,7-8,11H,5-6,14H2,1-2H3. The summed E-state index contributed by atoms with van der Waals surface area (Å²) < 4.78 is 5.93. The first-order valence-corrected chi connectivity index (χ1v) is 5.90. The van der Waals surface area contributed by atoms with E-state index in [4.69, 9.17) is 22.1 Å². The van der Waals surface area contributed by atoms with E-state index in [1.54, 1.807) is 0 Å². The van der Waals surface area contributed by atoms with Crippen LogP contribution in [0.3, 0.4) is 0 Å². The average molecular weight is 241 g/mol. The number of halogens is 1. The molecule has 0 saturated heterocycles. The Hall–Kier alpha value is -0.930. The summed E-state index contributed by atoms with van der Waals surface area (Å²) >= 11 is 5.98. The Morgan fingerprint density at radius 2 is 2.25 bits per heavy atom. The molecule has 2 N–H and O–H groups in total. The smallest absolute Gasteiger partial charge is 0.143 e. The Bertz CT molecular complexity index is 383. The lowest BCUT2D eigenvalue weighted by Crippen LogP contribution is -2.46. The van der Waals surface area contributed by atoms with Crippen LogP contribution in [0.4, 0.5) is 5.69 Å². The van der Waals surface area contributed by atoms with Gasteiger partial charge >= 0.3 is 0 Å². The van der Waals surface area contributed by atoms with E-state index in [0.717, 1.165) is 22.9 Å². The molecule has 1 aliphatic heterocycles. The number of ether oxygens (including phenoxy) is 1. The number of benzene rings is 1. The molecule has 0 amide bonds. The van der Waals surface area contributed by atoms with E-state index in [-0.39, 0.29) is 6.10 Å². The molecule has 0 fully saturated rings. The summed E-state index contributed by atoms with van der Waals surface area (Å²) in [5, 5.41) is 0.735. The first-order valence-electron chi connectivity index (χ1n) is 5.52. The summed E-state index contributed by atoms with van der Waals surface area (Å²) in [6, 6.07) is 6.02. The van der Waals surface area contributed by atoms with E-state index in [1.165, 1.54) is 0 Å². The monoisotopic (exact) mass is 240 g/mol. The molecule has 88 valence electrons. The zero-order valence-electron chi connectivity index (χ0n) is 9.61. The van der Waals surface area contributed by atoms with Crippen molar-refractivity contribution in [3.63, 3.8) is 0 Å². The molecule has 2 rings (SSSR count). The van der Waals surface area contributed by atoms with Gasteiger partial charge in [0.05, 0.1) is 11.7 Å². The number of nitrogens with two attached hydrogens (primary N) is 1. The first kappa shape index (κ1) is 11.6. The van der Waals surface area contributed by atoms with Gasteiger partial charge in [-0.2, -0.15) is 0 Å². The van der Waals surface area contributed by atoms with Crippen LogP contribution in [0.15, 0.2) is 18.2 Å². The second kappa shape index (κ2) is 4.52. The normalized spacial score (nSPS) is 23.9. The minimum Gasteiger partial charge on any atom is -0.486 e. The van der Waals surface area contributed by atoms with Crippen molar-refractivity contribution in [2.75, 3.05) is 18.5 Å². The molecule has 1 heterocycles. The summed E-state index contributed by atoms with van der Waals surface area (Å²) in [4.78, 5) is 2.20. The van der Waals surface area contributed by atoms with Crippen LogP contribution in [0.25, 0.3) is 0 Å². The largest absolute Gasteiger partial charge is 0.486 e. The highest BCUT2D eigenvalue weighted by Crippen LogP contribution is 2.37. The molecular formula is C12H17ClN2O. The van der Waals surface area contributed by atoms with Crippen LogP contribution >= 0.6 is 11.6 Å². The highest BCUT2D eigenvalue weighted by atomic mass is 35.5. The molecule has 0 saturated carbocycles. The molecule has 0 bridgehead atoms. The van der Waals surface area contributed by atoms with Crippen LogP contribution in [-0.2, 0) is 0 Å². The molecule has 16 heavy (non-hydrogen) atoms. The molecule has 1 aliphatic rings. The third-order valence-corrected chi connectivity index (χ3v) is 3.41. The lowest BCUT2D eigenvalue weighted by molar-refractivity contribution is 0.154. The molecule has 0 aliphatic carbocycles. The second-order valence-electron chi connectivity index (χ2n) is 4.20. The number of anilines is 1. The van der Waals surface area contributed by atoms with E-state index < -0.39 is 0 Å². The van der Waals surface area contributed by atoms with Crippen molar-refractivity contribution >= 4 is 17.3 Å². The summed E-state index contributed by atoms with van der Waals surface area (Å²) in [7, 11) is 2.06. The van der Waals surface area contributed by atoms with Crippen molar-refractivity contribution in [1.29, 1.82) is 0 Å². The highest BCUT2D eigenvalue weighted by molar-refractivity contribution is 6.30. The van der Waals surface area contributed by atoms with Crippen LogP contribution in [0.2, 0.25) is 5.02 Å². The van der Waals surface area contributed by atoms with Gasteiger partial charge in [0.1, 0.15) is 11.9 Å². The third kappa shape index (κ3) is 1.97. The van der Waals surface area contributed by atoms with E-state index >= 15 is 0 Å². The number of fused-ring (bicyclic) bond motifs is 1. The van der Waals surface area contributed by atoms with E-state index in [2.05, 4.69) is 18.9 Å². The van der Waals surface area contributed by atoms with Crippen LogP contribution in [0, 0.1) is 0 Å². The molecule has 4 heteroatoms. The zero-order valence-corrected chi connectivity index (χ0v) is 10.4. The Balaban J connectivity index is 2.32. The number of nitrogens with zero attached hydrogens (tertiary/aromatic N) is 1. The number of hydrogen-bond donors (Lipinski definition) is 1. The molecule has 2 atom stereocenters. The van der Waals surface area contributed by atoms with Gasteiger partial charge in [0, 0.05) is 12.1 Å². The molecule has 3 nitrogen and oxygen atoms in total. The Kier molecular flexibility index (Phi) is 3.26.